The van der Waals surface area contributed by atoms with Gasteiger partial charge < -0.3 is 14.8 Å². The molecule has 0 fully saturated rings. The summed E-state index contributed by atoms with van der Waals surface area (Å²) in [5, 5.41) is 9.35. The summed E-state index contributed by atoms with van der Waals surface area (Å²) in [4.78, 5) is 17.9. The van der Waals surface area contributed by atoms with E-state index in [4.69, 9.17) is 14.5 Å². The van der Waals surface area contributed by atoms with Gasteiger partial charge in [0.15, 0.2) is 11.5 Å². The zero-order valence-corrected chi connectivity index (χ0v) is 18.2. The standard InChI is InChI=1S/C24H26N4O3/c1-5-31-21-9-7-6-8-18(21)24(29)26-22-19-13-16-12-17(30-4)10-11-20(16)25-23(19)28(27-22)14-15(2)3/h6-13,15H,5,14H2,1-4H3,(H,26,27,29). The Kier molecular flexibility index (Phi) is 5.75. The Labute approximate surface area is 181 Å². The highest BCUT2D eigenvalue weighted by Gasteiger charge is 2.19. The average Bonchev–Trinajstić information content (AvgIpc) is 3.07. The van der Waals surface area contributed by atoms with E-state index in [9.17, 15) is 4.79 Å². The van der Waals surface area contributed by atoms with E-state index in [1.165, 1.54) is 0 Å². The third-order valence-corrected chi connectivity index (χ3v) is 4.92. The number of methoxy groups -OCH3 is 1. The zero-order chi connectivity index (χ0) is 22.0. The molecular weight excluding hydrogens is 392 g/mol. The van der Waals surface area contributed by atoms with Crippen LogP contribution in [0.4, 0.5) is 5.82 Å². The Morgan fingerprint density at radius 3 is 2.71 bits per heavy atom. The van der Waals surface area contributed by atoms with Gasteiger partial charge in [0.1, 0.15) is 11.5 Å². The summed E-state index contributed by atoms with van der Waals surface area (Å²) < 4.78 is 12.8. The first-order chi connectivity index (χ1) is 15.0. The van der Waals surface area contributed by atoms with Gasteiger partial charge in [-0.25, -0.2) is 9.67 Å². The number of hydrogen-bond acceptors (Lipinski definition) is 5. The van der Waals surface area contributed by atoms with Gasteiger partial charge in [0.05, 0.1) is 30.2 Å². The molecule has 2 aromatic heterocycles. The summed E-state index contributed by atoms with van der Waals surface area (Å²) in [5.41, 5.74) is 2.05. The number of nitrogens with one attached hydrogen (secondary N) is 1. The van der Waals surface area contributed by atoms with Crippen molar-refractivity contribution in [3.63, 3.8) is 0 Å². The number of carbonyl (C=O) groups excluding carboxylic acids is 1. The van der Waals surface area contributed by atoms with Crippen molar-refractivity contribution in [1.29, 1.82) is 0 Å². The smallest absolute Gasteiger partial charge is 0.260 e. The highest BCUT2D eigenvalue weighted by Crippen LogP contribution is 2.29. The minimum absolute atomic E-state index is 0.272. The van der Waals surface area contributed by atoms with Gasteiger partial charge >= 0.3 is 0 Å². The molecule has 0 saturated heterocycles. The lowest BCUT2D eigenvalue weighted by molar-refractivity contribution is 0.102. The van der Waals surface area contributed by atoms with Gasteiger partial charge in [0.2, 0.25) is 0 Å². The van der Waals surface area contributed by atoms with Crippen LogP contribution in [0.2, 0.25) is 0 Å². The van der Waals surface area contributed by atoms with Crippen LogP contribution in [-0.4, -0.2) is 34.4 Å². The Hall–Kier alpha value is -3.61. The third-order valence-electron chi connectivity index (χ3n) is 4.92. The number of anilines is 1. The first-order valence-electron chi connectivity index (χ1n) is 10.4. The third kappa shape index (κ3) is 4.17. The molecule has 2 aromatic carbocycles. The molecule has 0 aliphatic carbocycles. The minimum Gasteiger partial charge on any atom is -0.497 e. The molecule has 0 atom stereocenters. The summed E-state index contributed by atoms with van der Waals surface area (Å²) >= 11 is 0. The highest BCUT2D eigenvalue weighted by molar-refractivity contribution is 6.10. The summed E-state index contributed by atoms with van der Waals surface area (Å²) in [6.07, 6.45) is 0. The Morgan fingerprint density at radius 2 is 1.97 bits per heavy atom. The van der Waals surface area contributed by atoms with Gasteiger partial charge in [-0.1, -0.05) is 26.0 Å². The number of amides is 1. The summed E-state index contributed by atoms with van der Waals surface area (Å²) in [5.74, 6) is 1.87. The van der Waals surface area contributed by atoms with E-state index < -0.39 is 0 Å². The summed E-state index contributed by atoms with van der Waals surface area (Å²) in [6.45, 7) is 7.30. The van der Waals surface area contributed by atoms with E-state index in [2.05, 4.69) is 24.3 Å². The molecule has 4 rings (SSSR count). The molecule has 1 N–H and O–H groups in total. The molecule has 0 aliphatic rings. The van der Waals surface area contributed by atoms with Crippen LogP contribution in [0.15, 0.2) is 48.5 Å². The second-order valence-electron chi connectivity index (χ2n) is 7.73. The molecule has 0 aliphatic heterocycles. The van der Waals surface area contributed by atoms with E-state index in [-0.39, 0.29) is 5.91 Å². The first kappa shape index (κ1) is 20.7. The molecule has 0 saturated carbocycles. The molecule has 0 bridgehead atoms. The van der Waals surface area contributed by atoms with Crippen molar-refractivity contribution >= 4 is 33.7 Å². The van der Waals surface area contributed by atoms with Crippen LogP contribution < -0.4 is 14.8 Å². The van der Waals surface area contributed by atoms with E-state index >= 15 is 0 Å². The van der Waals surface area contributed by atoms with Crippen LogP contribution in [0.3, 0.4) is 0 Å². The lowest BCUT2D eigenvalue weighted by atomic mass is 10.1. The van der Waals surface area contributed by atoms with Crippen molar-refractivity contribution in [2.24, 2.45) is 5.92 Å². The zero-order valence-electron chi connectivity index (χ0n) is 18.2. The number of benzene rings is 2. The first-order valence-corrected chi connectivity index (χ1v) is 10.4. The van der Waals surface area contributed by atoms with Gasteiger partial charge in [-0.3, -0.25) is 4.79 Å². The van der Waals surface area contributed by atoms with E-state index in [1.807, 2.05) is 48.0 Å². The lowest BCUT2D eigenvalue weighted by Crippen LogP contribution is -2.15. The van der Waals surface area contributed by atoms with E-state index in [1.54, 1.807) is 19.2 Å². The molecule has 31 heavy (non-hydrogen) atoms. The van der Waals surface area contributed by atoms with Crippen LogP contribution in [-0.2, 0) is 6.54 Å². The fourth-order valence-electron chi connectivity index (χ4n) is 3.54. The van der Waals surface area contributed by atoms with Gasteiger partial charge in [-0.05, 0) is 49.2 Å². The number of pyridine rings is 1. The maximum Gasteiger partial charge on any atom is 0.260 e. The van der Waals surface area contributed by atoms with Crippen molar-refractivity contribution in [1.82, 2.24) is 14.8 Å². The number of rotatable bonds is 7. The van der Waals surface area contributed by atoms with Gasteiger partial charge in [-0.2, -0.15) is 5.10 Å². The fourth-order valence-corrected chi connectivity index (χ4v) is 3.54. The van der Waals surface area contributed by atoms with Crippen molar-refractivity contribution < 1.29 is 14.3 Å². The molecule has 4 aromatic rings. The Balaban J connectivity index is 1.80. The molecule has 0 spiro atoms. The van der Waals surface area contributed by atoms with Crippen LogP contribution in [0.25, 0.3) is 21.9 Å². The molecule has 160 valence electrons. The number of carbonyl (C=O) groups is 1. The fraction of sp³-hybridized carbons (Fsp3) is 0.292. The lowest BCUT2D eigenvalue weighted by Gasteiger charge is -2.09. The predicted molar refractivity (Wildman–Crippen MR) is 122 cm³/mol. The number of hydrogen-bond donors (Lipinski definition) is 1. The van der Waals surface area contributed by atoms with Gasteiger partial charge in [0, 0.05) is 11.9 Å². The van der Waals surface area contributed by atoms with Crippen LogP contribution in [0, 0.1) is 5.92 Å². The van der Waals surface area contributed by atoms with Crippen LogP contribution in [0.1, 0.15) is 31.1 Å². The predicted octanol–water partition coefficient (Wildman–Crippen LogP) is 4.90. The topological polar surface area (TPSA) is 78.3 Å². The molecule has 0 unspecified atom stereocenters. The SMILES string of the molecule is CCOc1ccccc1C(=O)Nc1nn(CC(C)C)c2nc3ccc(OC)cc3cc12. The number of ether oxygens (including phenoxy) is 2. The van der Waals surface area contributed by atoms with Gasteiger partial charge in [-0.15, -0.1) is 0 Å². The molecule has 7 heteroatoms. The number of aromatic nitrogens is 3. The second kappa shape index (κ2) is 8.63. The number of para-hydroxylation sites is 1. The van der Waals surface area contributed by atoms with Gasteiger partial charge in [0.25, 0.3) is 5.91 Å². The molecule has 1 amide bonds. The highest BCUT2D eigenvalue weighted by atomic mass is 16.5. The van der Waals surface area contributed by atoms with E-state index in [0.717, 1.165) is 27.7 Å². The van der Waals surface area contributed by atoms with E-state index in [0.29, 0.717) is 36.2 Å². The minimum atomic E-state index is -0.272. The molecular formula is C24H26N4O3. The molecule has 7 nitrogen and oxygen atoms in total. The van der Waals surface area contributed by atoms with Crippen molar-refractivity contribution in [3.8, 4) is 11.5 Å². The van der Waals surface area contributed by atoms with Crippen molar-refractivity contribution in [2.75, 3.05) is 19.0 Å². The van der Waals surface area contributed by atoms with Crippen LogP contribution >= 0.6 is 0 Å². The van der Waals surface area contributed by atoms with Crippen molar-refractivity contribution in [2.45, 2.75) is 27.3 Å². The van der Waals surface area contributed by atoms with Crippen LogP contribution in [0.5, 0.6) is 11.5 Å². The Morgan fingerprint density at radius 1 is 1.16 bits per heavy atom. The number of nitrogens with zero attached hydrogens (tertiary/aromatic N) is 3. The maximum absolute atomic E-state index is 13.1. The average molecular weight is 418 g/mol. The largest absolute Gasteiger partial charge is 0.497 e. The summed E-state index contributed by atoms with van der Waals surface area (Å²) in [6, 6.07) is 14.9. The monoisotopic (exact) mass is 418 g/mol. The normalized spacial score (nSPS) is 11.3. The summed E-state index contributed by atoms with van der Waals surface area (Å²) in [7, 11) is 1.63. The Bertz CT molecular complexity index is 1250. The maximum atomic E-state index is 13.1. The number of fused-ring (bicyclic) bond motifs is 2. The quantitative estimate of drug-likeness (QED) is 0.462. The second-order valence-corrected chi connectivity index (χ2v) is 7.73. The van der Waals surface area contributed by atoms with Crippen molar-refractivity contribution in [3.05, 3.63) is 54.1 Å². The molecule has 0 radical (unpaired) electrons. The molecule has 2 heterocycles.